The van der Waals surface area contributed by atoms with Gasteiger partial charge < -0.3 is 9.11 Å². The first-order chi connectivity index (χ1) is 21.5. The average Bonchev–Trinajstić information content (AvgIpc) is 3.46. The highest BCUT2D eigenvalue weighted by atomic mass is 32.2. The monoisotopic (exact) mass is 662 g/mol. The highest BCUT2D eigenvalue weighted by Crippen LogP contribution is 2.59. The number of Topliss-reactive ketones (excluding diaryl/α,β-unsaturated/α-hetero) is 1. The highest BCUT2D eigenvalue weighted by Gasteiger charge is 2.65. The van der Waals surface area contributed by atoms with Crippen LogP contribution >= 0.6 is 0 Å². The van der Waals surface area contributed by atoms with E-state index in [1.54, 1.807) is 12.2 Å². The largest absolute Gasteiger partial charge is 0.743 e. The third-order valence-corrected chi connectivity index (χ3v) is 13.9. The van der Waals surface area contributed by atoms with E-state index in [0.717, 1.165) is 33.9 Å². The molecule has 4 aliphatic heterocycles. The molecule has 0 radical (unpaired) electrons. The first-order valence-corrected chi connectivity index (χ1v) is 18.7. The molecule has 4 unspecified atom stereocenters. The quantitative estimate of drug-likeness (QED) is 0.252. The first-order valence-electron chi connectivity index (χ1n) is 15.7. The minimum atomic E-state index is -4.59. The SMILES string of the molecule is CC1(C)C(=CC=C2CCC(=CC=C3C(C)(C)c4ccccc4[N+]34CCC4S(=O)(=O)[O-])C2=O)[N+]2(CCC2S(=O)(=O)[O-])c2ccccc21. The number of rotatable bonds is 4. The summed E-state index contributed by atoms with van der Waals surface area (Å²) in [6.07, 6.45) is 8.82. The number of benzene rings is 2. The molecule has 46 heavy (non-hydrogen) atoms. The summed E-state index contributed by atoms with van der Waals surface area (Å²) < 4.78 is 74.4. The molecule has 0 N–H and O–H groups in total. The van der Waals surface area contributed by atoms with Crippen LogP contribution < -0.4 is 8.97 Å². The zero-order valence-corrected chi connectivity index (χ0v) is 28.0. The Morgan fingerprint density at radius 1 is 0.652 bits per heavy atom. The second kappa shape index (κ2) is 9.91. The Morgan fingerprint density at radius 2 is 1.02 bits per heavy atom. The molecule has 1 saturated carbocycles. The fraction of sp³-hybridized carbons (Fsp3) is 0.400. The smallest absolute Gasteiger partial charge is 0.193 e. The predicted octanol–water partition coefficient (Wildman–Crippen LogP) is 5.12. The van der Waals surface area contributed by atoms with Crippen LogP contribution in [0.2, 0.25) is 0 Å². The van der Waals surface area contributed by atoms with Gasteiger partial charge in [-0.05, 0) is 77.0 Å². The second-order valence-corrected chi connectivity index (χ2v) is 17.3. The van der Waals surface area contributed by atoms with Crippen LogP contribution in [0.3, 0.4) is 0 Å². The van der Waals surface area contributed by atoms with Crippen molar-refractivity contribution >= 4 is 37.4 Å². The molecule has 2 spiro atoms. The van der Waals surface area contributed by atoms with Crippen LogP contribution in [0.5, 0.6) is 0 Å². The molecule has 9 nitrogen and oxygen atoms in total. The van der Waals surface area contributed by atoms with Crippen molar-refractivity contribution < 1.29 is 30.7 Å². The van der Waals surface area contributed by atoms with E-state index >= 15 is 0 Å². The number of hydrogen-bond acceptors (Lipinski definition) is 7. The van der Waals surface area contributed by atoms with Crippen molar-refractivity contribution in [1.29, 1.82) is 0 Å². The molecule has 0 aromatic heterocycles. The lowest BCUT2D eigenvalue weighted by atomic mass is 9.83. The zero-order chi connectivity index (χ0) is 33.1. The Labute approximate surface area is 270 Å². The van der Waals surface area contributed by atoms with E-state index in [1.165, 1.54) is 0 Å². The van der Waals surface area contributed by atoms with E-state index < -0.39 is 41.8 Å². The summed E-state index contributed by atoms with van der Waals surface area (Å²) in [7, 11) is -9.17. The highest BCUT2D eigenvalue weighted by molar-refractivity contribution is 7.86. The summed E-state index contributed by atoms with van der Waals surface area (Å²) in [5.41, 5.74) is 5.21. The molecule has 242 valence electrons. The molecule has 0 amide bonds. The van der Waals surface area contributed by atoms with Crippen LogP contribution in [0.25, 0.3) is 0 Å². The van der Waals surface area contributed by atoms with Crippen LogP contribution in [-0.2, 0) is 35.9 Å². The third-order valence-electron chi connectivity index (χ3n) is 11.4. The van der Waals surface area contributed by atoms with Gasteiger partial charge in [0.15, 0.2) is 36.8 Å². The molecule has 5 aliphatic rings. The van der Waals surface area contributed by atoms with Gasteiger partial charge in [0.05, 0.1) is 36.8 Å². The summed E-state index contributed by atoms with van der Waals surface area (Å²) in [5, 5.41) is -2.22. The van der Waals surface area contributed by atoms with Gasteiger partial charge in [-0.2, -0.15) is 0 Å². The van der Waals surface area contributed by atoms with Gasteiger partial charge in [0.2, 0.25) is 0 Å². The fourth-order valence-electron chi connectivity index (χ4n) is 9.11. The number of ketones is 1. The number of carbonyl (C=O) groups is 1. The van der Waals surface area contributed by atoms with E-state index in [9.17, 15) is 30.7 Å². The maximum absolute atomic E-state index is 13.7. The third kappa shape index (κ3) is 4.09. The van der Waals surface area contributed by atoms with Crippen LogP contribution in [0.4, 0.5) is 11.4 Å². The van der Waals surface area contributed by atoms with Crippen molar-refractivity contribution in [1.82, 2.24) is 8.97 Å². The summed E-state index contributed by atoms with van der Waals surface area (Å²) in [6.45, 7) is 9.08. The van der Waals surface area contributed by atoms with Gasteiger partial charge in [0, 0.05) is 22.3 Å². The van der Waals surface area contributed by atoms with Crippen molar-refractivity contribution in [2.75, 3.05) is 13.1 Å². The van der Waals surface area contributed by atoms with Crippen LogP contribution in [-0.4, -0.2) is 55.6 Å². The molecule has 4 heterocycles. The molecule has 2 aromatic carbocycles. The number of carbonyl (C=O) groups excluding carboxylic acids is 1. The van der Waals surface area contributed by atoms with E-state index in [1.807, 2.05) is 88.4 Å². The topological polar surface area (TPSA) is 131 Å². The maximum atomic E-state index is 13.7. The molecular weight excluding hydrogens is 625 g/mol. The zero-order valence-electron chi connectivity index (χ0n) is 26.4. The van der Waals surface area contributed by atoms with Crippen molar-refractivity contribution in [3.63, 3.8) is 0 Å². The Bertz CT molecular complexity index is 1910. The molecule has 11 heteroatoms. The summed E-state index contributed by atoms with van der Waals surface area (Å²) in [4.78, 5) is 13.7. The number of para-hydroxylation sites is 2. The maximum Gasteiger partial charge on any atom is 0.193 e. The lowest BCUT2D eigenvalue weighted by molar-refractivity contribution is -0.111. The van der Waals surface area contributed by atoms with Gasteiger partial charge in [0.1, 0.15) is 22.8 Å². The lowest BCUT2D eigenvalue weighted by Crippen LogP contribution is -2.68. The lowest BCUT2D eigenvalue weighted by Gasteiger charge is -2.51. The fourth-order valence-corrected chi connectivity index (χ4v) is 11.4. The van der Waals surface area contributed by atoms with E-state index in [0.29, 0.717) is 37.1 Å². The normalized spacial score (nSPS) is 34.4. The summed E-state index contributed by atoms with van der Waals surface area (Å²) >= 11 is 0. The van der Waals surface area contributed by atoms with E-state index in [-0.39, 0.29) is 27.6 Å². The van der Waals surface area contributed by atoms with Gasteiger partial charge in [0.25, 0.3) is 0 Å². The van der Waals surface area contributed by atoms with Crippen molar-refractivity contribution in [3.8, 4) is 0 Å². The Kier molecular flexibility index (Phi) is 6.77. The summed E-state index contributed by atoms with van der Waals surface area (Å²) in [5.74, 6) is -0.123. The molecule has 4 atom stereocenters. The molecule has 1 aliphatic carbocycles. The number of quaternary nitrogens is 2. The van der Waals surface area contributed by atoms with Crippen LogP contribution in [0.15, 0.2) is 95.4 Å². The molecular formula is C35H38N2O7S2. The van der Waals surface area contributed by atoms with Crippen molar-refractivity contribution in [3.05, 3.63) is 107 Å². The predicted molar refractivity (Wildman–Crippen MR) is 175 cm³/mol. The van der Waals surface area contributed by atoms with E-state index in [4.69, 9.17) is 0 Å². The van der Waals surface area contributed by atoms with Gasteiger partial charge >= 0.3 is 0 Å². The Balaban J connectivity index is 1.27. The number of nitrogens with zero attached hydrogens (tertiary/aromatic N) is 2. The number of hydrogen-bond donors (Lipinski definition) is 0. The molecule has 3 fully saturated rings. The van der Waals surface area contributed by atoms with Crippen LogP contribution in [0, 0.1) is 0 Å². The standard InChI is InChI=1S/C35H38N2O7S2/c1-34(2)25-9-5-7-11-27(25)36(21-19-31(36)45(39,40)41)29(34)17-15-23-13-14-24(33(23)38)16-18-30-35(3,4)26-10-6-8-12-28(26)37(30)22-20-32(37)46(42,43)44/h5-12,15-18,31-32H,13-14,19-22H2,1-4H3. The number of fused-ring (bicyclic) bond motifs is 4. The number of allylic oxidation sites excluding steroid dienone is 8. The van der Waals surface area contributed by atoms with Gasteiger partial charge in [-0.25, -0.2) is 25.8 Å². The molecule has 2 aromatic rings. The molecule has 2 saturated heterocycles. The minimum Gasteiger partial charge on any atom is -0.743 e. The Morgan fingerprint density at radius 3 is 1.35 bits per heavy atom. The van der Waals surface area contributed by atoms with Gasteiger partial charge in [-0.15, -0.1) is 0 Å². The summed E-state index contributed by atoms with van der Waals surface area (Å²) in [6, 6.07) is 15.3. The molecule has 0 bridgehead atoms. The van der Waals surface area contributed by atoms with Crippen molar-refractivity contribution in [2.24, 2.45) is 0 Å². The van der Waals surface area contributed by atoms with Gasteiger partial charge in [-0.3, -0.25) is 4.79 Å². The van der Waals surface area contributed by atoms with Crippen LogP contribution in [0.1, 0.15) is 64.5 Å². The first kappa shape index (κ1) is 31.4. The minimum absolute atomic E-state index is 0.0266. The average molecular weight is 663 g/mol. The second-order valence-electron chi connectivity index (χ2n) is 14.3. The molecule has 7 rings (SSSR count). The Hall–Kier alpha value is -3.19. The van der Waals surface area contributed by atoms with Gasteiger partial charge in [-0.1, -0.05) is 36.4 Å². The van der Waals surface area contributed by atoms with E-state index in [2.05, 4.69) is 0 Å². The van der Waals surface area contributed by atoms with Crippen molar-refractivity contribution in [2.45, 2.75) is 75.0 Å².